The quantitative estimate of drug-likeness (QED) is 0.255. The van der Waals surface area contributed by atoms with Crippen molar-refractivity contribution in [3.8, 4) is 0 Å². The van der Waals surface area contributed by atoms with Gasteiger partial charge in [-0.25, -0.2) is 0 Å². The van der Waals surface area contributed by atoms with Gasteiger partial charge in [0.2, 0.25) is 0 Å². The monoisotopic (exact) mass is 684 g/mol. The van der Waals surface area contributed by atoms with Gasteiger partial charge in [-0.3, -0.25) is 4.99 Å². The topological polar surface area (TPSA) is 17.3 Å². The van der Waals surface area contributed by atoms with E-state index < -0.39 is 0 Å². The van der Waals surface area contributed by atoms with Crippen molar-refractivity contribution >= 4 is 22.3 Å². The molecule has 3 heterocycles. The zero-order chi connectivity index (χ0) is 22.7. The van der Waals surface area contributed by atoms with Gasteiger partial charge in [-0.15, -0.1) is 0 Å². The third-order valence-corrected chi connectivity index (χ3v) is 6.88. The Morgan fingerprint density at radius 3 is 2.29 bits per heavy atom. The van der Waals surface area contributed by atoms with E-state index in [1.165, 1.54) is 33.4 Å². The van der Waals surface area contributed by atoms with Gasteiger partial charge in [0, 0.05) is 52.3 Å². The molecule has 2 aromatic carbocycles. The number of halogens is 2. The molecule has 1 aromatic heterocycles. The molecule has 6 heteroatoms. The van der Waals surface area contributed by atoms with E-state index in [4.69, 9.17) is 4.99 Å². The highest BCUT2D eigenvalue weighted by molar-refractivity contribution is 5.98. The molecule has 0 radical (unpaired) electrons. The number of aliphatic imine (C=N–C) groups is 1. The zero-order valence-corrected chi connectivity index (χ0v) is 25.7. The van der Waals surface area contributed by atoms with Crippen LogP contribution in [-0.4, -0.2) is 61.5 Å². The summed E-state index contributed by atoms with van der Waals surface area (Å²) in [6, 6.07) is 16.0. The summed E-state index contributed by atoms with van der Waals surface area (Å²) >= 11 is 0. The maximum atomic E-state index is 5.13. The highest BCUT2D eigenvalue weighted by Crippen LogP contribution is 2.42. The second kappa shape index (κ2) is 10.2. The predicted molar refractivity (Wildman–Crippen MR) is 135 cm³/mol. The Morgan fingerprint density at radius 2 is 1.59 bits per heavy atom. The number of rotatable bonds is 4. The number of para-hydroxylation sites is 1. The molecule has 0 fully saturated rings. The summed E-state index contributed by atoms with van der Waals surface area (Å²) in [5.41, 5.74) is 9.97. The third kappa shape index (κ3) is 5.55. The molecule has 0 spiro atoms. The molecule has 0 aliphatic carbocycles. The lowest BCUT2D eigenvalue weighted by atomic mass is 9.87. The van der Waals surface area contributed by atoms with Crippen LogP contribution in [0.5, 0.6) is 0 Å². The average molecular weight is 684 g/mol. The van der Waals surface area contributed by atoms with Crippen molar-refractivity contribution in [3.63, 3.8) is 0 Å². The molecule has 2 aliphatic heterocycles. The van der Waals surface area contributed by atoms with Gasteiger partial charge in [-0.1, -0.05) is 24.3 Å². The highest BCUT2D eigenvalue weighted by Gasteiger charge is 2.31. The van der Waals surface area contributed by atoms with E-state index in [2.05, 4.69) is 89.3 Å². The molecule has 0 saturated carbocycles. The minimum atomic E-state index is 0. The van der Waals surface area contributed by atoms with Crippen molar-refractivity contribution < 1.29 is 56.9 Å². The number of nitrogens with zero attached hydrogens (tertiary/aromatic N) is 4. The molecular weight excluding hydrogens is 646 g/mol. The Bertz CT molecular complexity index is 1210. The standard InChI is InChI=1S/C28H38N4.2HI/c1-31(2,3)18-20-11-13-25-23(17-20)21-12-14-28-24(19-32(4,5)6)22-9-7-8-10-27(22)30(28)16-15-26(21)29-25;;/h7-11,13,17,21H,12,14-16,18-19H2,1-6H3;2*1H/q+2;;/p-2. The van der Waals surface area contributed by atoms with Crippen molar-refractivity contribution in [2.75, 3.05) is 42.3 Å². The van der Waals surface area contributed by atoms with E-state index in [1.807, 2.05) is 0 Å². The Hall–Kier alpha value is -0.970. The molecule has 184 valence electrons. The van der Waals surface area contributed by atoms with Crippen molar-refractivity contribution in [2.45, 2.75) is 44.8 Å². The van der Waals surface area contributed by atoms with Crippen molar-refractivity contribution in [1.29, 1.82) is 0 Å². The zero-order valence-electron chi connectivity index (χ0n) is 21.4. The summed E-state index contributed by atoms with van der Waals surface area (Å²) in [6.07, 6.45) is 3.31. The van der Waals surface area contributed by atoms with Crippen LogP contribution in [0.3, 0.4) is 0 Å². The Labute approximate surface area is 239 Å². The van der Waals surface area contributed by atoms with Crippen LogP contribution in [0.2, 0.25) is 0 Å². The van der Waals surface area contributed by atoms with E-state index in [1.54, 1.807) is 11.3 Å². The molecule has 0 saturated heterocycles. The van der Waals surface area contributed by atoms with Crippen LogP contribution >= 0.6 is 0 Å². The second-order valence-electron chi connectivity index (χ2n) is 11.8. The minimum absolute atomic E-state index is 0. The van der Waals surface area contributed by atoms with Gasteiger partial charge in [-0.2, -0.15) is 0 Å². The minimum Gasteiger partial charge on any atom is -1.00 e. The molecule has 3 aromatic rings. The molecular formula is C28H38I2N4. The van der Waals surface area contributed by atoms with Crippen LogP contribution in [0, 0.1) is 0 Å². The molecule has 0 bridgehead atoms. The summed E-state index contributed by atoms with van der Waals surface area (Å²) in [7, 11) is 13.7. The summed E-state index contributed by atoms with van der Waals surface area (Å²) in [5.74, 6) is 0.473. The summed E-state index contributed by atoms with van der Waals surface area (Å²) in [4.78, 5) is 5.13. The van der Waals surface area contributed by atoms with Gasteiger partial charge in [0.05, 0.1) is 48.0 Å². The third-order valence-electron chi connectivity index (χ3n) is 6.88. The van der Waals surface area contributed by atoms with Gasteiger partial charge in [0.15, 0.2) is 0 Å². The van der Waals surface area contributed by atoms with Crippen molar-refractivity contribution in [2.24, 2.45) is 4.99 Å². The molecule has 1 unspecified atom stereocenters. The molecule has 34 heavy (non-hydrogen) atoms. The number of hydrogen-bond acceptors (Lipinski definition) is 1. The fraction of sp³-hybridized carbons (Fsp3) is 0.464. The van der Waals surface area contributed by atoms with Gasteiger partial charge in [0.1, 0.15) is 13.1 Å². The maximum Gasteiger partial charge on any atom is 0.106 e. The maximum absolute atomic E-state index is 5.13. The van der Waals surface area contributed by atoms with Crippen LogP contribution in [0.15, 0.2) is 47.5 Å². The summed E-state index contributed by atoms with van der Waals surface area (Å²) in [6.45, 7) is 3.15. The van der Waals surface area contributed by atoms with Crippen LogP contribution in [-0.2, 0) is 26.1 Å². The van der Waals surface area contributed by atoms with Gasteiger partial charge in [-0.05, 0) is 36.6 Å². The van der Waals surface area contributed by atoms with Gasteiger partial charge in [0.25, 0.3) is 0 Å². The smallest absolute Gasteiger partial charge is 0.106 e. The van der Waals surface area contributed by atoms with E-state index in [0.717, 1.165) is 47.9 Å². The number of quaternary nitrogens is 2. The van der Waals surface area contributed by atoms with Gasteiger partial charge >= 0.3 is 0 Å². The Morgan fingerprint density at radius 1 is 0.882 bits per heavy atom. The Balaban J connectivity index is 0.00000162. The first-order chi connectivity index (χ1) is 15.1. The molecule has 4 nitrogen and oxygen atoms in total. The van der Waals surface area contributed by atoms with Crippen molar-refractivity contribution in [1.82, 2.24) is 4.57 Å². The normalized spacial score (nSPS) is 17.5. The summed E-state index contributed by atoms with van der Waals surface area (Å²) < 4.78 is 4.50. The molecule has 1 atom stereocenters. The first-order valence-corrected chi connectivity index (χ1v) is 12.0. The van der Waals surface area contributed by atoms with E-state index in [0.29, 0.717) is 5.92 Å². The van der Waals surface area contributed by atoms with E-state index in [9.17, 15) is 0 Å². The molecule has 5 rings (SSSR count). The van der Waals surface area contributed by atoms with Crippen LogP contribution in [0.25, 0.3) is 10.9 Å². The lowest BCUT2D eigenvalue weighted by Gasteiger charge is -2.26. The van der Waals surface area contributed by atoms with Crippen LogP contribution in [0.1, 0.15) is 41.1 Å². The highest BCUT2D eigenvalue weighted by atomic mass is 127. The molecule has 0 amide bonds. The predicted octanol–water partition coefficient (Wildman–Crippen LogP) is -0.732. The first kappa shape index (κ1) is 27.6. The number of hydrogen-bond donors (Lipinski definition) is 0. The molecule has 2 aliphatic rings. The fourth-order valence-electron chi connectivity index (χ4n) is 5.72. The SMILES string of the molecule is C[N+](C)(C)Cc1ccc2c(c1)C1CCc3c(C[N+](C)(C)C)c4ccccc4n3CCC1=N2.[I-].[I-]. The number of benzene rings is 2. The van der Waals surface area contributed by atoms with Gasteiger partial charge < -0.3 is 61.5 Å². The van der Waals surface area contributed by atoms with Crippen molar-refractivity contribution in [3.05, 3.63) is 64.8 Å². The lowest BCUT2D eigenvalue weighted by Crippen LogP contribution is -3.00. The average Bonchev–Trinajstić information content (AvgIpc) is 3.14. The Kier molecular flexibility index (Phi) is 8.27. The van der Waals surface area contributed by atoms with E-state index >= 15 is 0 Å². The largest absolute Gasteiger partial charge is 1.00 e. The lowest BCUT2D eigenvalue weighted by molar-refractivity contribution is -0.884. The molecule has 0 N–H and O–H groups in total. The number of aromatic nitrogens is 1. The first-order valence-electron chi connectivity index (χ1n) is 12.0. The van der Waals surface area contributed by atoms with Crippen LogP contribution < -0.4 is 48.0 Å². The fourth-order valence-corrected chi connectivity index (χ4v) is 5.72. The summed E-state index contributed by atoms with van der Waals surface area (Å²) in [5, 5.41) is 1.44. The van der Waals surface area contributed by atoms with E-state index in [-0.39, 0.29) is 48.0 Å². The second-order valence-corrected chi connectivity index (χ2v) is 11.8. The number of aryl methyl sites for hydroxylation is 1. The number of fused-ring (bicyclic) bond motifs is 6. The van der Waals surface area contributed by atoms with Crippen LogP contribution in [0.4, 0.5) is 5.69 Å².